The van der Waals surface area contributed by atoms with E-state index in [1.807, 2.05) is 49.4 Å². The van der Waals surface area contributed by atoms with Gasteiger partial charge in [0.15, 0.2) is 5.78 Å². The number of ether oxygens (including phenoxy) is 2. The van der Waals surface area contributed by atoms with Crippen molar-refractivity contribution in [3.05, 3.63) is 64.2 Å². The summed E-state index contributed by atoms with van der Waals surface area (Å²) < 4.78 is 11.7. The number of Topliss-reactive ketones (excluding diaryl/α,β-unsaturated/α-hetero) is 1. The van der Waals surface area contributed by atoms with Gasteiger partial charge in [0.1, 0.15) is 16.5 Å². The largest absolute Gasteiger partial charge is 0.493 e. The summed E-state index contributed by atoms with van der Waals surface area (Å²) in [4.78, 5) is 27.9. The summed E-state index contributed by atoms with van der Waals surface area (Å²) in [7, 11) is 0. The van der Waals surface area contributed by atoms with Crippen LogP contribution in [0.2, 0.25) is 0 Å². The Morgan fingerprint density at radius 3 is 2.45 bits per heavy atom. The topological polar surface area (TPSA) is 85.7 Å². The van der Waals surface area contributed by atoms with E-state index >= 15 is 0 Å². The second-order valence-corrected chi connectivity index (χ2v) is 9.26. The van der Waals surface area contributed by atoms with E-state index in [0.717, 1.165) is 52.6 Å². The van der Waals surface area contributed by atoms with Crippen LogP contribution < -0.4 is 9.47 Å². The number of rotatable bonds is 10. The molecule has 6 nitrogen and oxygen atoms in total. The van der Waals surface area contributed by atoms with Crippen molar-refractivity contribution in [2.45, 2.75) is 45.4 Å². The number of benzene rings is 2. The van der Waals surface area contributed by atoms with E-state index in [4.69, 9.17) is 14.6 Å². The molecule has 7 heteroatoms. The van der Waals surface area contributed by atoms with E-state index in [9.17, 15) is 9.59 Å². The molecule has 1 N–H and O–H groups in total. The van der Waals surface area contributed by atoms with Gasteiger partial charge in [-0.25, -0.2) is 4.98 Å². The first-order valence-corrected chi connectivity index (χ1v) is 11.9. The van der Waals surface area contributed by atoms with Crippen LogP contribution in [0.3, 0.4) is 0 Å². The van der Waals surface area contributed by atoms with Crippen molar-refractivity contribution in [3.63, 3.8) is 0 Å². The molecule has 0 amide bonds. The Labute approximate surface area is 197 Å². The van der Waals surface area contributed by atoms with E-state index in [-0.39, 0.29) is 18.1 Å². The van der Waals surface area contributed by atoms with Crippen LogP contribution in [0, 0.1) is 6.92 Å². The number of aryl methyl sites for hydroxylation is 2. The summed E-state index contributed by atoms with van der Waals surface area (Å²) in [6.07, 6.45) is 2.72. The lowest BCUT2D eigenvalue weighted by atomic mass is 9.98. The SMILES string of the molecule is CC(=O)c1sc(-c2ccc(OCCCOc3ccc4c(c3)CC[C@H]4CC(=O)O)cc2)nc1C. The van der Waals surface area contributed by atoms with Crippen LogP contribution in [0.25, 0.3) is 10.6 Å². The summed E-state index contributed by atoms with van der Waals surface area (Å²) in [6.45, 7) is 4.50. The third kappa shape index (κ3) is 5.60. The minimum absolute atomic E-state index is 0.0423. The van der Waals surface area contributed by atoms with Gasteiger partial charge in [0.25, 0.3) is 0 Å². The van der Waals surface area contributed by atoms with Gasteiger partial charge in [-0.3, -0.25) is 9.59 Å². The number of carboxylic acid groups (broad SMARTS) is 1. The molecule has 0 saturated heterocycles. The molecule has 0 spiro atoms. The van der Waals surface area contributed by atoms with E-state index < -0.39 is 5.97 Å². The summed E-state index contributed by atoms with van der Waals surface area (Å²) in [5, 5.41) is 9.88. The van der Waals surface area contributed by atoms with Gasteiger partial charge in [-0.05, 0) is 73.2 Å². The average Bonchev–Trinajstić information content (AvgIpc) is 3.37. The Hall–Kier alpha value is -3.19. The number of ketones is 1. The molecule has 0 radical (unpaired) electrons. The van der Waals surface area contributed by atoms with Crippen molar-refractivity contribution in [3.8, 4) is 22.1 Å². The average molecular weight is 466 g/mol. The van der Waals surface area contributed by atoms with E-state index in [1.54, 1.807) is 6.92 Å². The number of carboxylic acids is 1. The minimum Gasteiger partial charge on any atom is -0.493 e. The maximum absolute atomic E-state index is 11.6. The Kier molecular flexibility index (Phi) is 7.08. The van der Waals surface area contributed by atoms with Crippen LogP contribution in [0.4, 0.5) is 0 Å². The first-order chi connectivity index (χ1) is 15.9. The highest BCUT2D eigenvalue weighted by atomic mass is 32.1. The number of hydrogen-bond acceptors (Lipinski definition) is 6. The monoisotopic (exact) mass is 465 g/mol. The maximum atomic E-state index is 11.6. The van der Waals surface area contributed by atoms with Crippen molar-refractivity contribution < 1.29 is 24.2 Å². The number of carbonyl (C=O) groups excluding carboxylic acids is 1. The quantitative estimate of drug-likeness (QED) is 0.307. The molecule has 1 aliphatic carbocycles. The molecule has 0 fully saturated rings. The van der Waals surface area contributed by atoms with Crippen molar-refractivity contribution in [2.75, 3.05) is 13.2 Å². The lowest BCUT2D eigenvalue weighted by Gasteiger charge is -2.11. The number of fused-ring (bicyclic) bond motifs is 1. The zero-order valence-electron chi connectivity index (χ0n) is 18.8. The Balaban J connectivity index is 1.23. The highest BCUT2D eigenvalue weighted by Crippen LogP contribution is 2.37. The van der Waals surface area contributed by atoms with Crippen molar-refractivity contribution in [2.24, 2.45) is 0 Å². The van der Waals surface area contributed by atoms with E-state index in [1.165, 1.54) is 16.9 Å². The summed E-state index contributed by atoms with van der Waals surface area (Å²) in [6, 6.07) is 13.7. The minimum atomic E-state index is -0.747. The van der Waals surface area contributed by atoms with Crippen molar-refractivity contribution in [1.82, 2.24) is 4.98 Å². The van der Waals surface area contributed by atoms with Crippen LogP contribution in [0.1, 0.15) is 58.6 Å². The highest BCUT2D eigenvalue weighted by molar-refractivity contribution is 7.17. The molecule has 1 heterocycles. The molecular weight excluding hydrogens is 438 g/mol. The van der Waals surface area contributed by atoms with Gasteiger partial charge >= 0.3 is 5.97 Å². The van der Waals surface area contributed by atoms with Crippen LogP contribution in [0.15, 0.2) is 42.5 Å². The molecule has 0 unspecified atom stereocenters. The molecule has 3 aromatic rings. The zero-order chi connectivity index (χ0) is 23.4. The summed E-state index contributed by atoms with van der Waals surface area (Å²) >= 11 is 1.41. The van der Waals surface area contributed by atoms with Gasteiger partial charge < -0.3 is 14.6 Å². The standard InChI is InChI=1S/C26H27NO5S/c1-16-25(17(2)28)33-26(27-16)18-6-8-21(9-7-18)31-12-3-13-32-22-10-11-23-19(14-22)4-5-20(23)15-24(29)30/h6-11,14,20H,3-5,12-13,15H2,1-2H3,(H,29,30)/t20-/m0/s1. The fourth-order valence-corrected chi connectivity index (χ4v) is 5.14. The molecular formula is C26H27NO5S. The normalized spacial score (nSPS) is 14.7. The fraction of sp³-hybridized carbons (Fsp3) is 0.346. The van der Waals surface area contributed by atoms with Gasteiger partial charge in [0.2, 0.25) is 0 Å². The van der Waals surface area contributed by atoms with Crippen LogP contribution >= 0.6 is 11.3 Å². The van der Waals surface area contributed by atoms with Gasteiger partial charge in [0, 0.05) is 18.9 Å². The first-order valence-electron chi connectivity index (χ1n) is 11.1. The second kappa shape index (κ2) is 10.2. The number of aromatic nitrogens is 1. The lowest BCUT2D eigenvalue weighted by molar-refractivity contribution is -0.137. The molecule has 172 valence electrons. The molecule has 1 aliphatic rings. The molecule has 4 rings (SSSR count). The Morgan fingerprint density at radius 2 is 1.79 bits per heavy atom. The van der Waals surface area contributed by atoms with Gasteiger partial charge in [-0.15, -0.1) is 11.3 Å². The van der Waals surface area contributed by atoms with Gasteiger partial charge in [-0.1, -0.05) is 6.07 Å². The summed E-state index contributed by atoms with van der Waals surface area (Å²) in [5.41, 5.74) is 4.07. The van der Waals surface area contributed by atoms with Gasteiger partial charge in [-0.2, -0.15) is 0 Å². The fourth-order valence-electron chi connectivity index (χ4n) is 4.17. The predicted octanol–water partition coefficient (Wildman–Crippen LogP) is 5.67. The third-order valence-electron chi connectivity index (χ3n) is 5.78. The van der Waals surface area contributed by atoms with Crippen LogP contribution in [0.5, 0.6) is 11.5 Å². The van der Waals surface area contributed by atoms with E-state index in [0.29, 0.717) is 18.1 Å². The van der Waals surface area contributed by atoms with Crippen molar-refractivity contribution in [1.29, 1.82) is 0 Å². The maximum Gasteiger partial charge on any atom is 0.303 e. The molecule has 33 heavy (non-hydrogen) atoms. The molecule has 0 bridgehead atoms. The molecule has 0 aliphatic heterocycles. The predicted molar refractivity (Wildman–Crippen MR) is 128 cm³/mol. The number of hydrogen-bond donors (Lipinski definition) is 1. The smallest absolute Gasteiger partial charge is 0.303 e. The number of thiazole rings is 1. The molecule has 1 atom stereocenters. The molecule has 0 saturated carbocycles. The zero-order valence-corrected chi connectivity index (χ0v) is 19.6. The van der Waals surface area contributed by atoms with Crippen molar-refractivity contribution >= 4 is 23.1 Å². The van der Waals surface area contributed by atoms with Crippen LogP contribution in [-0.4, -0.2) is 35.1 Å². The first kappa shape index (κ1) is 23.0. The second-order valence-electron chi connectivity index (χ2n) is 8.26. The van der Waals surface area contributed by atoms with E-state index in [2.05, 4.69) is 4.98 Å². The number of nitrogens with zero attached hydrogens (tertiary/aromatic N) is 1. The Bertz CT molecular complexity index is 1150. The highest BCUT2D eigenvalue weighted by Gasteiger charge is 2.24. The molecule has 2 aromatic carbocycles. The van der Waals surface area contributed by atoms with Gasteiger partial charge in [0.05, 0.1) is 30.2 Å². The Morgan fingerprint density at radius 1 is 1.09 bits per heavy atom. The lowest BCUT2D eigenvalue weighted by Crippen LogP contribution is -2.05. The summed E-state index contributed by atoms with van der Waals surface area (Å²) in [5.74, 6) is 1.00. The number of carbonyl (C=O) groups is 2. The number of aliphatic carboxylic acids is 1. The molecule has 1 aromatic heterocycles. The van der Waals surface area contributed by atoms with Crippen LogP contribution in [-0.2, 0) is 11.2 Å². The third-order valence-corrected chi connectivity index (χ3v) is 7.09.